The SMILES string of the molecule is CCCCCCCCCCCCCCCCCCCCCN(CCCCCCCCCCCCCCCCCCCCC)CCCCCC(=O)[O-].CCCCCCCCCCCCCCCCCCCCCN(CCCCCCCCCCCCCCCCCCCCC)CCCCCC(=O)[O-].[Ca+2]. The van der Waals surface area contributed by atoms with Crippen LogP contribution in [0.15, 0.2) is 0 Å². The van der Waals surface area contributed by atoms with Crippen molar-refractivity contribution in [1.29, 1.82) is 0 Å². The van der Waals surface area contributed by atoms with Crippen molar-refractivity contribution in [1.82, 2.24) is 9.80 Å². The number of nitrogens with zero attached hydrogens (tertiary/aromatic N) is 2. The van der Waals surface area contributed by atoms with Gasteiger partial charge in [-0.25, -0.2) is 0 Å². The van der Waals surface area contributed by atoms with Crippen LogP contribution in [0.25, 0.3) is 0 Å². The molecule has 0 bridgehead atoms. The van der Waals surface area contributed by atoms with E-state index in [0.29, 0.717) is 0 Å². The van der Waals surface area contributed by atoms with Crippen LogP contribution in [0.3, 0.4) is 0 Å². The molecule has 103 heavy (non-hydrogen) atoms. The van der Waals surface area contributed by atoms with Gasteiger partial charge in [-0.15, -0.1) is 0 Å². The molecule has 0 unspecified atom stereocenters. The Morgan fingerprint density at radius 1 is 0.155 bits per heavy atom. The molecule has 7 heteroatoms. The third-order valence-corrected chi connectivity index (χ3v) is 23.0. The van der Waals surface area contributed by atoms with E-state index in [2.05, 4.69) is 37.5 Å². The first-order valence-corrected chi connectivity index (χ1v) is 48.2. The van der Waals surface area contributed by atoms with E-state index in [1.165, 1.54) is 514 Å². The van der Waals surface area contributed by atoms with Crippen molar-refractivity contribution >= 4 is 49.7 Å². The van der Waals surface area contributed by atoms with E-state index in [9.17, 15) is 19.8 Å². The Hall–Kier alpha value is 0.120. The summed E-state index contributed by atoms with van der Waals surface area (Å²) in [6.07, 6.45) is 115. The fourth-order valence-electron chi connectivity index (χ4n) is 15.9. The molecule has 0 fully saturated rings. The maximum Gasteiger partial charge on any atom is 2.00 e. The normalized spacial score (nSPS) is 11.6. The second-order valence-corrected chi connectivity index (χ2v) is 33.5. The molecule has 0 atom stereocenters. The molecule has 0 saturated carbocycles. The molecule has 0 aliphatic carbocycles. The van der Waals surface area contributed by atoms with Gasteiger partial charge in [-0.2, -0.15) is 0 Å². The van der Waals surface area contributed by atoms with Gasteiger partial charge in [0.25, 0.3) is 0 Å². The van der Waals surface area contributed by atoms with Crippen molar-refractivity contribution in [3.8, 4) is 0 Å². The molecule has 0 amide bonds. The van der Waals surface area contributed by atoms with Gasteiger partial charge in [0.05, 0.1) is 0 Å². The summed E-state index contributed by atoms with van der Waals surface area (Å²) in [6, 6.07) is 0. The molecule has 0 N–H and O–H groups in total. The Morgan fingerprint density at radius 3 is 0.340 bits per heavy atom. The van der Waals surface area contributed by atoms with Crippen LogP contribution < -0.4 is 10.2 Å². The van der Waals surface area contributed by atoms with E-state index in [4.69, 9.17) is 0 Å². The average molecular weight is 1480 g/mol. The second-order valence-electron chi connectivity index (χ2n) is 33.5. The van der Waals surface area contributed by atoms with Crippen molar-refractivity contribution in [3.05, 3.63) is 0 Å². The molecule has 0 rings (SSSR count). The Balaban J connectivity index is -0.00000192. The summed E-state index contributed by atoms with van der Waals surface area (Å²) in [4.78, 5) is 26.9. The molecule has 0 saturated heterocycles. The smallest absolute Gasteiger partial charge is 0.550 e. The van der Waals surface area contributed by atoms with Crippen LogP contribution in [0.5, 0.6) is 0 Å². The maximum absolute atomic E-state index is 10.8. The van der Waals surface area contributed by atoms with Gasteiger partial charge in [-0.3, -0.25) is 0 Å². The maximum atomic E-state index is 10.8. The van der Waals surface area contributed by atoms with Crippen molar-refractivity contribution in [2.24, 2.45) is 0 Å². The van der Waals surface area contributed by atoms with E-state index in [-0.39, 0.29) is 50.6 Å². The molecular weight excluding hydrogens is 1290 g/mol. The van der Waals surface area contributed by atoms with Gasteiger partial charge in [0.15, 0.2) is 0 Å². The number of aliphatic carboxylic acids is 2. The minimum Gasteiger partial charge on any atom is -0.550 e. The van der Waals surface area contributed by atoms with Crippen molar-refractivity contribution in [3.63, 3.8) is 0 Å². The molecule has 0 spiro atoms. The number of carboxylic acid groups (broad SMARTS) is 2. The number of unbranched alkanes of at least 4 members (excludes halogenated alkanes) is 76. The van der Waals surface area contributed by atoms with E-state index in [1.807, 2.05) is 0 Å². The summed E-state index contributed by atoms with van der Waals surface area (Å²) >= 11 is 0. The van der Waals surface area contributed by atoms with E-state index >= 15 is 0 Å². The molecule has 0 aromatic carbocycles. The molecule has 0 heterocycles. The molecule has 0 aromatic heterocycles. The average Bonchev–Trinajstić information content (AvgIpc) is 2.54. The Morgan fingerprint density at radius 2 is 0.243 bits per heavy atom. The summed E-state index contributed by atoms with van der Waals surface area (Å²) in [5, 5.41) is 21.5. The van der Waals surface area contributed by atoms with Crippen LogP contribution in [0, 0.1) is 0 Å². The van der Waals surface area contributed by atoms with Crippen LogP contribution in [0.2, 0.25) is 0 Å². The van der Waals surface area contributed by atoms with Crippen molar-refractivity contribution in [2.75, 3.05) is 39.3 Å². The largest absolute Gasteiger partial charge is 2.00 e. The standard InChI is InChI=1S/2C48H97NO2.Ca/c2*1-3-5-7-9-11-13-15-17-19-21-23-25-27-29-31-33-35-37-41-45-49(47-43-39-40-44-48(50)51)46-42-38-36-34-32-30-28-26-24-22-20-18-16-14-12-10-8-6-4-2;/h2*3-47H2,1-2H3,(H,50,51);/q;;+2/p-2. The van der Waals surface area contributed by atoms with Crippen LogP contribution in [0.4, 0.5) is 0 Å². The summed E-state index contributed by atoms with van der Waals surface area (Å²) in [6.45, 7) is 16.4. The van der Waals surface area contributed by atoms with Crippen molar-refractivity contribution < 1.29 is 19.8 Å². The van der Waals surface area contributed by atoms with Gasteiger partial charge >= 0.3 is 37.7 Å². The molecule has 6 nitrogen and oxygen atoms in total. The number of carbonyl (C=O) groups excluding carboxylic acids is 2. The molecule has 612 valence electrons. The zero-order chi connectivity index (χ0) is 73.9. The first-order valence-electron chi connectivity index (χ1n) is 48.2. The third-order valence-electron chi connectivity index (χ3n) is 23.0. The summed E-state index contributed by atoms with van der Waals surface area (Å²) in [7, 11) is 0. The van der Waals surface area contributed by atoms with Gasteiger partial charge in [-0.1, -0.05) is 503 Å². The van der Waals surface area contributed by atoms with Gasteiger partial charge in [0, 0.05) is 11.9 Å². The first kappa shape index (κ1) is 107. The van der Waals surface area contributed by atoms with Crippen LogP contribution in [-0.4, -0.2) is 98.7 Å². The molecule has 0 radical (unpaired) electrons. The number of carbonyl (C=O) groups is 2. The van der Waals surface area contributed by atoms with Gasteiger partial charge in [0.2, 0.25) is 0 Å². The Kier molecular flexibility index (Phi) is 104. The van der Waals surface area contributed by atoms with E-state index in [1.54, 1.807) is 0 Å². The van der Waals surface area contributed by atoms with Crippen molar-refractivity contribution in [2.45, 2.75) is 567 Å². The van der Waals surface area contributed by atoms with Gasteiger partial charge < -0.3 is 29.6 Å². The monoisotopic (exact) mass is 1480 g/mol. The molecule has 0 aliphatic rings. The Labute approximate surface area is 680 Å². The fraction of sp³-hybridized carbons (Fsp3) is 0.979. The van der Waals surface area contributed by atoms with Crippen LogP contribution >= 0.6 is 0 Å². The minimum absolute atomic E-state index is 0. The summed E-state index contributed by atoms with van der Waals surface area (Å²) < 4.78 is 0. The fourth-order valence-corrected chi connectivity index (χ4v) is 15.9. The predicted molar refractivity (Wildman–Crippen MR) is 459 cm³/mol. The second kappa shape index (κ2) is 100. The quantitative estimate of drug-likeness (QED) is 0.0445. The zero-order valence-electron chi connectivity index (χ0n) is 71.9. The third kappa shape index (κ3) is 102. The van der Waals surface area contributed by atoms with E-state index in [0.717, 1.165) is 51.6 Å². The molecule has 0 aliphatic heterocycles. The van der Waals surface area contributed by atoms with Gasteiger partial charge in [-0.05, 0) is 103 Å². The molecule has 0 aromatic rings. The van der Waals surface area contributed by atoms with Crippen LogP contribution in [-0.2, 0) is 9.59 Å². The Bertz CT molecular complexity index is 1310. The summed E-state index contributed by atoms with van der Waals surface area (Å²) in [5.74, 6) is -1.79. The zero-order valence-corrected chi connectivity index (χ0v) is 74.1. The predicted octanol–water partition coefficient (Wildman–Crippen LogP) is 30.5. The number of hydrogen-bond donors (Lipinski definition) is 0. The molecular formula is C96H192CaN2O4. The van der Waals surface area contributed by atoms with Crippen LogP contribution in [0.1, 0.15) is 567 Å². The number of hydrogen-bond acceptors (Lipinski definition) is 6. The first-order chi connectivity index (χ1) is 50.4. The minimum atomic E-state index is -0.893. The number of carboxylic acids is 2. The number of rotatable bonds is 92. The summed E-state index contributed by atoms with van der Waals surface area (Å²) in [5.41, 5.74) is 0. The van der Waals surface area contributed by atoms with E-state index < -0.39 is 11.9 Å². The van der Waals surface area contributed by atoms with Gasteiger partial charge in [0.1, 0.15) is 0 Å². The topological polar surface area (TPSA) is 86.7 Å².